The fraction of sp³-hybridized carbons (Fsp3) is 0.267. The minimum absolute atomic E-state index is 0.244. The first-order valence-corrected chi connectivity index (χ1v) is 6.85. The molecule has 2 aromatic heterocycles. The number of aromatic nitrogens is 4. The number of fused-ring (bicyclic) bond motifs is 1. The van der Waals surface area contributed by atoms with Gasteiger partial charge in [-0.25, -0.2) is 9.78 Å². The number of imidazole rings is 1. The van der Waals surface area contributed by atoms with E-state index < -0.39 is 5.97 Å². The molecular formula is C15H16N4O2. The molecule has 1 aromatic carbocycles. The highest BCUT2D eigenvalue weighted by Gasteiger charge is 2.19. The molecule has 0 bridgehead atoms. The smallest absolute Gasteiger partial charge is 0.337 e. The van der Waals surface area contributed by atoms with Crippen LogP contribution in [0.15, 0.2) is 30.5 Å². The SMILES string of the molecule is CCCc1nc2cccc(C(=O)O)c2n1-c1ccn(C)n1. The Balaban J connectivity index is 2.37. The summed E-state index contributed by atoms with van der Waals surface area (Å²) < 4.78 is 3.54. The molecule has 0 aliphatic rings. The number of nitrogens with zero attached hydrogens (tertiary/aromatic N) is 4. The van der Waals surface area contributed by atoms with Gasteiger partial charge in [0.2, 0.25) is 0 Å². The van der Waals surface area contributed by atoms with Gasteiger partial charge >= 0.3 is 5.97 Å². The van der Waals surface area contributed by atoms with E-state index in [4.69, 9.17) is 0 Å². The van der Waals surface area contributed by atoms with Gasteiger partial charge in [-0.2, -0.15) is 5.10 Å². The average Bonchev–Trinajstić information content (AvgIpc) is 3.01. The Kier molecular flexibility index (Phi) is 3.21. The van der Waals surface area contributed by atoms with Crippen LogP contribution >= 0.6 is 0 Å². The van der Waals surface area contributed by atoms with E-state index in [1.54, 1.807) is 16.8 Å². The molecule has 3 rings (SSSR count). The number of benzene rings is 1. The van der Waals surface area contributed by atoms with Crippen molar-refractivity contribution in [1.29, 1.82) is 0 Å². The molecule has 2 heterocycles. The minimum Gasteiger partial charge on any atom is -0.478 e. The molecule has 0 radical (unpaired) electrons. The second-order valence-electron chi connectivity index (χ2n) is 4.94. The molecule has 0 amide bonds. The molecule has 0 atom stereocenters. The first-order chi connectivity index (χ1) is 10.1. The predicted octanol–water partition coefficient (Wildman–Crippen LogP) is 2.41. The van der Waals surface area contributed by atoms with Crippen molar-refractivity contribution in [1.82, 2.24) is 19.3 Å². The summed E-state index contributed by atoms with van der Waals surface area (Å²) in [5.41, 5.74) is 1.53. The van der Waals surface area contributed by atoms with Gasteiger partial charge in [-0.3, -0.25) is 9.25 Å². The number of rotatable bonds is 4. The Morgan fingerprint density at radius 3 is 2.76 bits per heavy atom. The molecule has 0 saturated carbocycles. The van der Waals surface area contributed by atoms with Gasteiger partial charge in [0.15, 0.2) is 5.82 Å². The lowest BCUT2D eigenvalue weighted by Crippen LogP contribution is -2.06. The van der Waals surface area contributed by atoms with Crippen molar-refractivity contribution in [3.05, 3.63) is 41.9 Å². The van der Waals surface area contributed by atoms with Crippen LogP contribution in [0, 0.1) is 0 Å². The Morgan fingerprint density at radius 2 is 2.14 bits per heavy atom. The number of carbonyl (C=O) groups is 1. The summed E-state index contributed by atoms with van der Waals surface area (Å²) in [5, 5.41) is 13.8. The van der Waals surface area contributed by atoms with Gasteiger partial charge in [0, 0.05) is 25.7 Å². The third kappa shape index (κ3) is 2.18. The summed E-state index contributed by atoms with van der Waals surface area (Å²) in [6.45, 7) is 2.07. The largest absolute Gasteiger partial charge is 0.478 e. The van der Waals surface area contributed by atoms with Gasteiger partial charge < -0.3 is 5.11 Å². The second-order valence-corrected chi connectivity index (χ2v) is 4.94. The van der Waals surface area contributed by atoms with Crippen molar-refractivity contribution in [3.63, 3.8) is 0 Å². The van der Waals surface area contributed by atoms with Crippen LogP contribution in [-0.4, -0.2) is 30.4 Å². The van der Waals surface area contributed by atoms with Crippen molar-refractivity contribution >= 4 is 17.0 Å². The topological polar surface area (TPSA) is 72.9 Å². The fourth-order valence-corrected chi connectivity index (χ4v) is 2.51. The molecule has 6 heteroatoms. The molecule has 21 heavy (non-hydrogen) atoms. The van der Waals surface area contributed by atoms with E-state index in [1.807, 2.05) is 29.9 Å². The molecular weight excluding hydrogens is 268 g/mol. The molecule has 0 aliphatic carbocycles. The number of carboxylic acids is 1. The number of aromatic carboxylic acids is 1. The molecule has 0 aliphatic heterocycles. The lowest BCUT2D eigenvalue weighted by molar-refractivity contribution is 0.0698. The number of para-hydroxylation sites is 1. The lowest BCUT2D eigenvalue weighted by Gasteiger charge is -2.06. The third-order valence-electron chi connectivity index (χ3n) is 3.38. The van der Waals surface area contributed by atoms with Gasteiger partial charge in [-0.1, -0.05) is 13.0 Å². The molecule has 0 fully saturated rings. The monoisotopic (exact) mass is 284 g/mol. The number of hydrogen-bond acceptors (Lipinski definition) is 3. The maximum Gasteiger partial charge on any atom is 0.337 e. The molecule has 108 valence electrons. The standard InChI is InChI=1S/C15H16N4O2/c1-3-5-12-16-11-7-4-6-10(15(20)21)14(11)19(12)13-8-9-18(2)17-13/h4,6-9H,3,5H2,1-2H3,(H,20,21). The second kappa shape index (κ2) is 5.05. The predicted molar refractivity (Wildman–Crippen MR) is 78.8 cm³/mol. The summed E-state index contributed by atoms with van der Waals surface area (Å²) >= 11 is 0. The van der Waals surface area contributed by atoms with E-state index in [0.29, 0.717) is 16.9 Å². The highest BCUT2D eigenvalue weighted by atomic mass is 16.4. The van der Waals surface area contributed by atoms with Crippen molar-refractivity contribution in [2.75, 3.05) is 0 Å². The van der Waals surface area contributed by atoms with Gasteiger partial charge in [0.1, 0.15) is 5.82 Å². The summed E-state index contributed by atoms with van der Waals surface area (Å²) in [6.07, 6.45) is 3.53. The highest BCUT2D eigenvalue weighted by molar-refractivity contribution is 6.01. The number of carboxylic acid groups (broad SMARTS) is 1. The van der Waals surface area contributed by atoms with E-state index in [1.165, 1.54) is 0 Å². The average molecular weight is 284 g/mol. The van der Waals surface area contributed by atoms with Crippen LogP contribution in [-0.2, 0) is 13.5 Å². The molecule has 0 unspecified atom stereocenters. The maximum absolute atomic E-state index is 11.5. The Bertz CT molecular complexity index is 816. The van der Waals surface area contributed by atoms with Crippen molar-refractivity contribution in [3.8, 4) is 5.82 Å². The van der Waals surface area contributed by atoms with Crippen LogP contribution in [0.3, 0.4) is 0 Å². The number of aryl methyl sites for hydroxylation is 2. The zero-order valence-corrected chi connectivity index (χ0v) is 11.9. The highest BCUT2D eigenvalue weighted by Crippen LogP contribution is 2.25. The molecule has 3 aromatic rings. The molecule has 6 nitrogen and oxygen atoms in total. The summed E-state index contributed by atoms with van der Waals surface area (Å²) in [4.78, 5) is 16.1. The van der Waals surface area contributed by atoms with E-state index >= 15 is 0 Å². The summed E-state index contributed by atoms with van der Waals surface area (Å²) in [6, 6.07) is 7.01. The van der Waals surface area contributed by atoms with Gasteiger partial charge in [0.05, 0.1) is 16.6 Å². The zero-order chi connectivity index (χ0) is 15.0. The van der Waals surface area contributed by atoms with E-state index in [0.717, 1.165) is 18.7 Å². The summed E-state index contributed by atoms with van der Waals surface area (Å²) in [7, 11) is 1.83. The van der Waals surface area contributed by atoms with Crippen LogP contribution in [0.2, 0.25) is 0 Å². The summed E-state index contributed by atoms with van der Waals surface area (Å²) in [5.74, 6) is 0.567. The zero-order valence-electron chi connectivity index (χ0n) is 11.9. The van der Waals surface area contributed by atoms with Crippen molar-refractivity contribution in [2.45, 2.75) is 19.8 Å². The van der Waals surface area contributed by atoms with Crippen LogP contribution in [0.1, 0.15) is 29.5 Å². The van der Waals surface area contributed by atoms with Crippen LogP contribution in [0.4, 0.5) is 0 Å². The van der Waals surface area contributed by atoms with E-state index in [9.17, 15) is 9.90 Å². The van der Waals surface area contributed by atoms with Crippen LogP contribution in [0.5, 0.6) is 0 Å². The third-order valence-corrected chi connectivity index (χ3v) is 3.38. The van der Waals surface area contributed by atoms with Crippen molar-refractivity contribution in [2.24, 2.45) is 7.05 Å². The van der Waals surface area contributed by atoms with E-state index in [2.05, 4.69) is 17.0 Å². The first kappa shape index (κ1) is 13.4. The maximum atomic E-state index is 11.5. The minimum atomic E-state index is -0.958. The Morgan fingerprint density at radius 1 is 1.33 bits per heavy atom. The lowest BCUT2D eigenvalue weighted by atomic mass is 10.2. The van der Waals surface area contributed by atoms with Crippen molar-refractivity contribution < 1.29 is 9.90 Å². The van der Waals surface area contributed by atoms with Crippen LogP contribution < -0.4 is 0 Å². The van der Waals surface area contributed by atoms with Gasteiger partial charge in [-0.15, -0.1) is 0 Å². The fourth-order valence-electron chi connectivity index (χ4n) is 2.51. The first-order valence-electron chi connectivity index (χ1n) is 6.85. The number of hydrogen-bond donors (Lipinski definition) is 1. The Hall–Kier alpha value is -2.63. The Labute approximate surface area is 121 Å². The van der Waals surface area contributed by atoms with Gasteiger partial charge in [0.25, 0.3) is 0 Å². The normalized spacial score (nSPS) is 11.1. The van der Waals surface area contributed by atoms with Gasteiger partial charge in [-0.05, 0) is 18.6 Å². The molecule has 0 saturated heterocycles. The van der Waals surface area contributed by atoms with Crippen LogP contribution in [0.25, 0.3) is 16.9 Å². The molecule has 1 N–H and O–H groups in total. The quantitative estimate of drug-likeness (QED) is 0.798. The van der Waals surface area contributed by atoms with E-state index in [-0.39, 0.29) is 5.56 Å². The molecule has 0 spiro atoms.